The van der Waals surface area contributed by atoms with E-state index in [-0.39, 0.29) is 5.91 Å². The third-order valence-electron chi connectivity index (χ3n) is 3.95. The van der Waals surface area contributed by atoms with Gasteiger partial charge in [0.15, 0.2) is 0 Å². The number of carbonyl (C=O) groups is 1. The molecule has 3 rings (SSSR count). The first kappa shape index (κ1) is 16.6. The van der Waals surface area contributed by atoms with Crippen molar-refractivity contribution in [3.05, 3.63) is 77.1 Å². The molecule has 0 aliphatic carbocycles. The lowest BCUT2D eigenvalue weighted by Crippen LogP contribution is -2.13. The molecule has 1 amide bonds. The number of aryl methyl sites for hydroxylation is 3. The third-order valence-corrected chi connectivity index (χ3v) is 3.95. The Morgan fingerprint density at radius 2 is 1.56 bits per heavy atom. The second-order valence-corrected chi connectivity index (χ2v) is 6.01. The van der Waals surface area contributed by atoms with E-state index in [9.17, 15) is 4.79 Å². The number of carbonyl (C=O) groups excluding carboxylic acids is 1. The van der Waals surface area contributed by atoms with Gasteiger partial charge in [-0.1, -0.05) is 30.3 Å². The zero-order valence-corrected chi connectivity index (χ0v) is 14.5. The molecule has 2 aromatic carbocycles. The number of nitrogens with zero attached hydrogens (tertiary/aromatic N) is 2. The summed E-state index contributed by atoms with van der Waals surface area (Å²) in [5, 5.41) is 6.06. The predicted octanol–water partition coefficient (Wildman–Crippen LogP) is 4.40. The number of nitrogens with one attached hydrogen (secondary N) is 2. The Hall–Kier alpha value is -3.21. The summed E-state index contributed by atoms with van der Waals surface area (Å²) in [6.45, 7) is 6.00. The summed E-state index contributed by atoms with van der Waals surface area (Å²) >= 11 is 0. The Morgan fingerprint density at radius 1 is 0.880 bits per heavy atom. The largest absolute Gasteiger partial charge is 0.324 e. The first-order chi connectivity index (χ1) is 12.0. The molecule has 0 aliphatic heterocycles. The monoisotopic (exact) mass is 332 g/mol. The van der Waals surface area contributed by atoms with Gasteiger partial charge in [0, 0.05) is 23.8 Å². The minimum Gasteiger partial charge on any atom is -0.324 e. The van der Waals surface area contributed by atoms with E-state index in [0.717, 1.165) is 28.1 Å². The average molecular weight is 332 g/mol. The molecule has 25 heavy (non-hydrogen) atoms. The number of hydrogen-bond donors (Lipinski definition) is 2. The zero-order valence-electron chi connectivity index (χ0n) is 14.5. The van der Waals surface area contributed by atoms with Gasteiger partial charge in [0.2, 0.25) is 5.95 Å². The topological polar surface area (TPSA) is 66.9 Å². The summed E-state index contributed by atoms with van der Waals surface area (Å²) in [4.78, 5) is 20.8. The summed E-state index contributed by atoms with van der Waals surface area (Å²) in [6, 6.07) is 13.8. The van der Waals surface area contributed by atoms with Gasteiger partial charge < -0.3 is 10.6 Å². The fourth-order valence-electron chi connectivity index (χ4n) is 2.41. The molecule has 0 fully saturated rings. The highest BCUT2D eigenvalue weighted by atomic mass is 16.1. The van der Waals surface area contributed by atoms with Gasteiger partial charge in [0.25, 0.3) is 5.91 Å². The Labute approximate surface area is 147 Å². The maximum Gasteiger partial charge on any atom is 0.258 e. The fraction of sp³-hybridized carbons (Fsp3) is 0.150. The highest BCUT2D eigenvalue weighted by Gasteiger charge is 2.09. The van der Waals surface area contributed by atoms with Crippen LogP contribution in [0.4, 0.5) is 17.3 Å². The van der Waals surface area contributed by atoms with Crippen molar-refractivity contribution in [2.45, 2.75) is 20.8 Å². The first-order valence-electron chi connectivity index (χ1n) is 8.06. The third kappa shape index (κ3) is 4.01. The van der Waals surface area contributed by atoms with Crippen molar-refractivity contribution in [2.75, 3.05) is 10.6 Å². The van der Waals surface area contributed by atoms with Gasteiger partial charge in [-0.2, -0.15) is 0 Å². The van der Waals surface area contributed by atoms with Crippen molar-refractivity contribution in [1.29, 1.82) is 0 Å². The van der Waals surface area contributed by atoms with Gasteiger partial charge in [-0.3, -0.25) is 4.79 Å². The number of hydrogen-bond acceptors (Lipinski definition) is 4. The van der Waals surface area contributed by atoms with Crippen LogP contribution in [0, 0.1) is 20.8 Å². The molecule has 0 saturated carbocycles. The molecule has 0 atom stereocenters. The molecule has 0 radical (unpaired) electrons. The van der Waals surface area contributed by atoms with Crippen LogP contribution in [0.2, 0.25) is 0 Å². The van der Waals surface area contributed by atoms with Crippen LogP contribution >= 0.6 is 0 Å². The molecule has 0 bridgehead atoms. The smallest absolute Gasteiger partial charge is 0.258 e. The quantitative estimate of drug-likeness (QED) is 0.743. The lowest BCUT2D eigenvalue weighted by atomic mass is 10.1. The van der Waals surface area contributed by atoms with Crippen molar-refractivity contribution in [3.63, 3.8) is 0 Å². The van der Waals surface area contributed by atoms with Crippen LogP contribution in [0.1, 0.15) is 27.0 Å². The Bertz CT molecular complexity index is 904. The second kappa shape index (κ2) is 7.13. The normalized spacial score (nSPS) is 10.4. The molecule has 0 saturated heterocycles. The number of anilines is 3. The second-order valence-electron chi connectivity index (χ2n) is 6.01. The van der Waals surface area contributed by atoms with Gasteiger partial charge in [-0.05, 0) is 49.6 Å². The lowest BCUT2D eigenvalue weighted by molar-refractivity contribution is 0.102. The Morgan fingerprint density at radius 3 is 2.28 bits per heavy atom. The van der Waals surface area contributed by atoms with Crippen LogP contribution in [-0.4, -0.2) is 15.9 Å². The van der Waals surface area contributed by atoms with Crippen LogP contribution in [0.3, 0.4) is 0 Å². The molecule has 3 aromatic rings. The van der Waals surface area contributed by atoms with Gasteiger partial charge in [0.1, 0.15) is 0 Å². The number of amides is 1. The van der Waals surface area contributed by atoms with E-state index in [1.54, 1.807) is 0 Å². The molecule has 1 heterocycles. The summed E-state index contributed by atoms with van der Waals surface area (Å²) in [7, 11) is 0. The van der Waals surface area contributed by atoms with Gasteiger partial charge in [-0.25, -0.2) is 9.97 Å². The molecule has 0 spiro atoms. The molecule has 5 heteroatoms. The summed E-state index contributed by atoms with van der Waals surface area (Å²) in [5.41, 5.74) is 5.42. The minimum atomic E-state index is -0.229. The van der Waals surface area contributed by atoms with Gasteiger partial charge in [0.05, 0.1) is 5.56 Å². The van der Waals surface area contributed by atoms with Crippen molar-refractivity contribution in [1.82, 2.24) is 9.97 Å². The summed E-state index contributed by atoms with van der Waals surface area (Å²) in [5.74, 6) is 0.230. The number of rotatable bonds is 4. The van der Waals surface area contributed by atoms with Crippen molar-refractivity contribution >= 4 is 23.2 Å². The van der Waals surface area contributed by atoms with Crippen molar-refractivity contribution in [2.24, 2.45) is 0 Å². The van der Waals surface area contributed by atoms with Crippen LogP contribution < -0.4 is 10.6 Å². The van der Waals surface area contributed by atoms with E-state index in [0.29, 0.717) is 11.5 Å². The van der Waals surface area contributed by atoms with Crippen LogP contribution in [-0.2, 0) is 0 Å². The Balaban J connectivity index is 1.72. The number of para-hydroxylation sites is 1. The van der Waals surface area contributed by atoms with E-state index < -0.39 is 0 Å². The zero-order chi connectivity index (χ0) is 17.8. The van der Waals surface area contributed by atoms with Crippen LogP contribution in [0.25, 0.3) is 0 Å². The SMILES string of the molecule is Cc1ccc(C)c(Nc2ncc(C(=O)Nc3ccccc3C)cn2)c1. The molecule has 2 N–H and O–H groups in total. The molecular formula is C20H20N4O. The van der Waals surface area contributed by atoms with E-state index in [1.165, 1.54) is 12.4 Å². The average Bonchev–Trinajstić information content (AvgIpc) is 2.61. The maximum absolute atomic E-state index is 12.3. The molecule has 1 aromatic heterocycles. The number of benzene rings is 2. The summed E-state index contributed by atoms with van der Waals surface area (Å²) in [6.07, 6.45) is 3.04. The lowest BCUT2D eigenvalue weighted by Gasteiger charge is -2.10. The molecule has 0 unspecified atom stereocenters. The van der Waals surface area contributed by atoms with Crippen LogP contribution in [0.15, 0.2) is 54.9 Å². The molecule has 0 aliphatic rings. The fourth-order valence-corrected chi connectivity index (χ4v) is 2.41. The predicted molar refractivity (Wildman–Crippen MR) is 100 cm³/mol. The molecule has 126 valence electrons. The number of aromatic nitrogens is 2. The van der Waals surface area contributed by atoms with E-state index in [1.807, 2.05) is 57.2 Å². The maximum atomic E-state index is 12.3. The first-order valence-corrected chi connectivity index (χ1v) is 8.06. The highest BCUT2D eigenvalue weighted by Crippen LogP contribution is 2.20. The molecule has 5 nitrogen and oxygen atoms in total. The Kier molecular flexibility index (Phi) is 4.75. The van der Waals surface area contributed by atoms with E-state index in [2.05, 4.69) is 26.7 Å². The van der Waals surface area contributed by atoms with E-state index >= 15 is 0 Å². The van der Waals surface area contributed by atoms with Crippen molar-refractivity contribution < 1.29 is 4.79 Å². The van der Waals surface area contributed by atoms with Crippen LogP contribution in [0.5, 0.6) is 0 Å². The minimum absolute atomic E-state index is 0.229. The molecular weight excluding hydrogens is 312 g/mol. The van der Waals surface area contributed by atoms with Gasteiger partial charge in [-0.15, -0.1) is 0 Å². The highest BCUT2D eigenvalue weighted by molar-refractivity contribution is 6.04. The van der Waals surface area contributed by atoms with Gasteiger partial charge >= 0.3 is 0 Å². The van der Waals surface area contributed by atoms with E-state index in [4.69, 9.17) is 0 Å². The van der Waals surface area contributed by atoms with Crippen molar-refractivity contribution in [3.8, 4) is 0 Å². The summed E-state index contributed by atoms with van der Waals surface area (Å²) < 4.78 is 0. The standard InChI is InChI=1S/C20H20N4O/c1-13-8-9-15(3)18(10-13)24-20-21-11-16(12-22-20)19(25)23-17-7-5-4-6-14(17)2/h4-12H,1-3H3,(H,23,25)(H,21,22,24).